The SMILES string of the molecule is CNC(Cc1ccnc2ccccc12)C1CSCCS1. The van der Waals surface area contributed by atoms with Crippen LogP contribution in [0.15, 0.2) is 36.5 Å². The molecule has 0 saturated carbocycles. The molecule has 1 aliphatic rings. The predicted octanol–water partition coefficient (Wildman–Crippen LogP) is 3.21. The van der Waals surface area contributed by atoms with E-state index in [1.807, 2.05) is 6.20 Å². The van der Waals surface area contributed by atoms with Gasteiger partial charge in [-0.15, -0.1) is 0 Å². The molecule has 3 rings (SSSR count). The fourth-order valence-corrected chi connectivity index (χ4v) is 5.66. The molecule has 2 nitrogen and oxygen atoms in total. The minimum absolute atomic E-state index is 0.540. The number of rotatable bonds is 4. The lowest BCUT2D eigenvalue weighted by atomic mass is 10.0. The average Bonchev–Trinajstić information content (AvgIpc) is 2.53. The average molecular weight is 304 g/mol. The maximum absolute atomic E-state index is 4.46. The minimum Gasteiger partial charge on any atom is -0.316 e. The molecule has 20 heavy (non-hydrogen) atoms. The van der Waals surface area contributed by atoms with Crippen LogP contribution in [-0.2, 0) is 6.42 Å². The number of nitrogens with one attached hydrogen (secondary N) is 1. The van der Waals surface area contributed by atoms with Crippen molar-refractivity contribution in [2.24, 2.45) is 0 Å². The molecule has 1 aliphatic heterocycles. The van der Waals surface area contributed by atoms with E-state index in [1.54, 1.807) is 0 Å². The van der Waals surface area contributed by atoms with Gasteiger partial charge in [-0.25, -0.2) is 0 Å². The summed E-state index contributed by atoms with van der Waals surface area (Å²) in [5, 5.41) is 5.54. The van der Waals surface area contributed by atoms with Crippen LogP contribution in [0, 0.1) is 0 Å². The molecule has 2 atom stereocenters. The molecule has 1 aromatic heterocycles. The smallest absolute Gasteiger partial charge is 0.0704 e. The Labute approximate surface area is 129 Å². The normalized spacial score (nSPS) is 20.9. The highest BCUT2D eigenvalue weighted by Gasteiger charge is 2.24. The highest BCUT2D eigenvalue weighted by atomic mass is 32.2. The van der Waals surface area contributed by atoms with E-state index in [0.29, 0.717) is 11.3 Å². The van der Waals surface area contributed by atoms with Crippen LogP contribution in [0.4, 0.5) is 0 Å². The Hall–Kier alpha value is -0.710. The first-order valence-corrected chi connectivity index (χ1v) is 9.28. The summed E-state index contributed by atoms with van der Waals surface area (Å²) in [6, 6.07) is 11.2. The summed E-state index contributed by atoms with van der Waals surface area (Å²) < 4.78 is 0. The second-order valence-corrected chi connectivity index (χ2v) is 7.57. The summed E-state index contributed by atoms with van der Waals surface area (Å²) in [6.45, 7) is 0. The Morgan fingerprint density at radius 1 is 1.30 bits per heavy atom. The zero-order valence-corrected chi connectivity index (χ0v) is 13.3. The topological polar surface area (TPSA) is 24.9 Å². The van der Waals surface area contributed by atoms with E-state index < -0.39 is 0 Å². The van der Waals surface area contributed by atoms with Gasteiger partial charge in [-0.3, -0.25) is 4.98 Å². The Balaban J connectivity index is 1.83. The van der Waals surface area contributed by atoms with Crippen LogP contribution in [-0.4, -0.2) is 40.6 Å². The van der Waals surface area contributed by atoms with Crippen molar-refractivity contribution in [1.82, 2.24) is 10.3 Å². The van der Waals surface area contributed by atoms with Gasteiger partial charge >= 0.3 is 0 Å². The van der Waals surface area contributed by atoms with Gasteiger partial charge in [-0.2, -0.15) is 23.5 Å². The molecule has 0 aliphatic carbocycles. The quantitative estimate of drug-likeness (QED) is 0.937. The molecule has 1 aromatic carbocycles. The fraction of sp³-hybridized carbons (Fsp3) is 0.438. The lowest BCUT2D eigenvalue weighted by molar-refractivity contribution is 0.558. The minimum atomic E-state index is 0.540. The number of likely N-dealkylation sites (N-methyl/N-ethyl adjacent to an activating group) is 1. The number of hydrogen-bond donors (Lipinski definition) is 1. The van der Waals surface area contributed by atoms with Gasteiger partial charge in [0.1, 0.15) is 0 Å². The molecule has 0 spiro atoms. The van der Waals surface area contributed by atoms with Gasteiger partial charge in [0.15, 0.2) is 0 Å². The molecule has 1 N–H and O–H groups in total. The van der Waals surface area contributed by atoms with Gasteiger partial charge in [-0.05, 0) is 31.2 Å². The van der Waals surface area contributed by atoms with E-state index in [0.717, 1.165) is 11.9 Å². The second kappa shape index (κ2) is 6.83. The van der Waals surface area contributed by atoms with Crippen LogP contribution in [0.3, 0.4) is 0 Å². The molecule has 106 valence electrons. The first-order chi connectivity index (χ1) is 9.88. The largest absolute Gasteiger partial charge is 0.316 e. The summed E-state index contributed by atoms with van der Waals surface area (Å²) in [4.78, 5) is 4.46. The highest BCUT2D eigenvalue weighted by Crippen LogP contribution is 2.28. The number of pyridine rings is 1. The molecule has 1 fully saturated rings. The van der Waals surface area contributed by atoms with Gasteiger partial charge < -0.3 is 5.32 Å². The Morgan fingerprint density at radius 3 is 3.00 bits per heavy atom. The summed E-state index contributed by atoms with van der Waals surface area (Å²) >= 11 is 4.21. The number of benzene rings is 1. The van der Waals surface area contributed by atoms with Gasteiger partial charge in [0.05, 0.1) is 5.52 Å². The number of aromatic nitrogens is 1. The molecule has 2 heterocycles. The summed E-state index contributed by atoms with van der Waals surface area (Å²) in [5.74, 6) is 3.85. The van der Waals surface area contributed by atoms with Crippen molar-refractivity contribution in [3.05, 3.63) is 42.1 Å². The summed E-state index contributed by atoms with van der Waals surface area (Å²) in [7, 11) is 2.09. The van der Waals surface area contributed by atoms with Crippen molar-refractivity contribution >= 4 is 34.4 Å². The predicted molar refractivity (Wildman–Crippen MR) is 91.9 cm³/mol. The molecule has 0 amide bonds. The van der Waals surface area contributed by atoms with Crippen LogP contribution in [0.2, 0.25) is 0 Å². The third-order valence-corrected chi connectivity index (χ3v) is 6.76. The number of thioether (sulfide) groups is 2. The molecule has 0 bridgehead atoms. The Kier molecular flexibility index (Phi) is 4.86. The van der Waals surface area contributed by atoms with Gasteiger partial charge in [0.25, 0.3) is 0 Å². The summed E-state index contributed by atoms with van der Waals surface area (Å²) in [5.41, 5.74) is 2.51. The van der Waals surface area contributed by atoms with Crippen molar-refractivity contribution < 1.29 is 0 Å². The number of nitrogens with zero attached hydrogens (tertiary/aromatic N) is 1. The molecular formula is C16H20N2S2. The van der Waals surface area contributed by atoms with E-state index in [4.69, 9.17) is 0 Å². The van der Waals surface area contributed by atoms with E-state index in [1.165, 1.54) is 28.2 Å². The van der Waals surface area contributed by atoms with E-state index in [2.05, 4.69) is 71.2 Å². The van der Waals surface area contributed by atoms with Crippen LogP contribution >= 0.6 is 23.5 Å². The first-order valence-electron chi connectivity index (χ1n) is 7.07. The second-order valence-electron chi connectivity index (χ2n) is 5.07. The molecule has 2 unspecified atom stereocenters. The zero-order valence-electron chi connectivity index (χ0n) is 11.7. The molecule has 0 radical (unpaired) electrons. The van der Waals surface area contributed by atoms with E-state index in [-0.39, 0.29) is 0 Å². The molecule has 2 aromatic rings. The lowest BCUT2D eigenvalue weighted by Crippen LogP contribution is -2.40. The maximum atomic E-state index is 4.46. The summed E-state index contributed by atoms with van der Waals surface area (Å²) in [6.07, 6.45) is 3.02. The van der Waals surface area contributed by atoms with E-state index in [9.17, 15) is 0 Å². The van der Waals surface area contributed by atoms with E-state index >= 15 is 0 Å². The van der Waals surface area contributed by atoms with Crippen molar-refractivity contribution in [1.29, 1.82) is 0 Å². The van der Waals surface area contributed by atoms with Crippen LogP contribution < -0.4 is 5.32 Å². The van der Waals surface area contributed by atoms with Crippen LogP contribution in [0.25, 0.3) is 10.9 Å². The highest BCUT2D eigenvalue weighted by molar-refractivity contribution is 8.06. The van der Waals surface area contributed by atoms with Crippen LogP contribution in [0.5, 0.6) is 0 Å². The zero-order chi connectivity index (χ0) is 13.8. The Bertz CT molecular complexity index is 562. The van der Waals surface area contributed by atoms with Crippen molar-refractivity contribution in [3.8, 4) is 0 Å². The monoisotopic (exact) mass is 304 g/mol. The third-order valence-electron chi connectivity index (χ3n) is 3.84. The third kappa shape index (κ3) is 3.13. The van der Waals surface area contributed by atoms with Gasteiger partial charge in [0, 0.05) is 40.1 Å². The number of hydrogen-bond acceptors (Lipinski definition) is 4. The standard InChI is InChI=1S/C16H20N2S2/c1-17-15(16-11-19-8-9-20-16)10-12-6-7-18-14-5-3-2-4-13(12)14/h2-7,15-17H,8-11H2,1H3. The number of fused-ring (bicyclic) bond motifs is 1. The maximum Gasteiger partial charge on any atom is 0.0704 e. The molecular weight excluding hydrogens is 284 g/mol. The van der Waals surface area contributed by atoms with Crippen molar-refractivity contribution in [2.75, 3.05) is 24.3 Å². The number of para-hydroxylation sites is 1. The van der Waals surface area contributed by atoms with Crippen molar-refractivity contribution in [2.45, 2.75) is 17.7 Å². The van der Waals surface area contributed by atoms with Gasteiger partial charge in [0.2, 0.25) is 0 Å². The van der Waals surface area contributed by atoms with Gasteiger partial charge in [-0.1, -0.05) is 18.2 Å². The molecule has 4 heteroatoms. The van der Waals surface area contributed by atoms with Crippen LogP contribution in [0.1, 0.15) is 5.56 Å². The molecule has 1 saturated heterocycles. The lowest BCUT2D eigenvalue weighted by Gasteiger charge is -2.29. The van der Waals surface area contributed by atoms with Crippen molar-refractivity contribution in [3.63, 3.8) is 0 Å². The Morgan fingerprint density at radius 2 is 2.20 bits per heavy atom. The first kappa shape index (κ1) is 14.2. The fourth-order valence-electron chi connectivity index (χ4n) is 2.73.